The van der Waals surface area contributed by atoms with Gasteiger partial charge < -0.3 is 0 Å². The van der Waals surface area contributed by atoms with E-state index in [4.69, 9.17) is 0 Å². The van der Waals surface area contributed by atoms with Gasteiger partial charge in [-0.2, -0.15) is 0 Å². The van der Waals surface area contributed by atoms with E-state index in [1.54, 1.807) is 6.92 Å². The molecule has 0 aromatic rings. The summed E-state index contributed by atoms with van der Waals surface area (Å²) < 4.78 is 13.0. The Hall–Kier alpha value is -0.0700. The third-order valence-corrected chi connectivity index (χ3v) is 2.32. The first-order valence-electron chi connectivity index (χ1n) is 5.79. The average Bonchev–Trinajstić information content (AvgIpc) is 2.17. The van der Waals surface area contributed by atoms with Crippen molar-refractivity contribution in [3.8, 4) is 0 Å². The second-order valence-electron chi connectivity index (χ2n) is 3.60. The van der Waals surface area contributed by atoms with Gasteiger partial charge in [0.05, 0.1) is 0 Å². The zero-order chi connectivity index (χ0) is 10.9. The molecule has 0 radical (unpaired) electrons. The molecule has 82 valence electrons. The number of hydrogen-bond donors (Lipinski definition) is 0. The fourth-order valence-electron chi connectivity index (χ4n) is 1.36. The van der Waals surface area contributed by atoms with Gasteiger partial charge in [0.2, 0.25) is 0 Å². The molecule has 1 rings (SSSR count). The Labute approximate surface area is 83.9 Å². The van der Waals surface area contributed by atoms with E-state index in [1.165, 1.54) is 0 Å². The third kappa shape index (κ3) is 8.27. The highest BCUT2D eigenvalue weighted by molar-refractivity contribution is 4.79. The minimum Gasteiger partial charge on any atom is -0.244 e. The molecule has 0 aliphatic heterocycles. The topological polar surface area (TPSA) is 0 Å². The number of hydrogen-bond acceptors (Lipinski definition) is 0. The van der Waals surface area contributed by atoms with E-state index >= 15 is 0 Å². The van der Waals surface area contributed by atoms with Crippen molar-refractivity contribution in [2.24, 2.45) is 5.92 Å². The van der Waals surface area contributed by atoms with Gasteiger partial charge in [-0.05, 0) is 38.5 Å². The van der Waals surface area contributed by atoms with Crippen molar-refractivity contribution in [1.82, 2.24) is 0 Å². The Morgan fingerprint density at radius 2 is 1.31 bits per heavy atom. The molecule has 1 aliphatic carbocycles. The molecule has 0 N–H and O–H groups in total. The fourth-order valence-corrected chi connectivity index (χ4v) is 1.36. The maximum Gasteiger partial charge on any atom is 0.108 e. The van der Waals surface area contributed by atoms with E-state index in [9.17, 15) is 4.39 Å². The lowest BCUT2D eigenvalue weighted by atomic mass is 9.82. The Morgan fingerprint density at radius 1 is 1.00 bits per heavy atom. The summed E-state index contributed by atoms with van der Waals surface area (Å²) in [6, 6.07) is 0. The first-order valence-corrected chi connectivity index (χ1v) is 5.79. The van der Waals surface area contributed by atoms with Crippen LogP contribution in [0.3, 0.4) is 0 Å². The summed E-state index contributed by atoms with van der Waals surface area (Å²) in [5.74, 6) is 0.758. The van der Waals surface area contributed by atoms with E-state index in [0.29, 0.717) is 0 Å². The quantitative estimate of drug-likeness (QED) is 0.505. The second kappa shape index (κ2) is 8.52. The molecular formula is C12H27F. The van der Waals surface area contributed by atoms with Gasteiger partial charge in [-0.25, -0.2) is 4.39 Å². The maximum atomic E-state index is 13.0. The summed E-state index contributed by atoms with van der Waals surface area (Å²) >= 11 is 0. The molecule has 0 unspecified atom stereocenters. The van der Waals surface area contributed by atoms with Crippen LogP contribution >= 0.6 is 0 Å². The van der Waals surface area contributed by atoms with Gasteiger partial charge in [0, 0.05) is 0 Å². The molecule has 1 aliphatic rings. The molecule has 0 bridgehead atoms. The van der Waals surface area contributed by atoms with Crippen LogP contribution in [0.5, 0.6) is 0 Å². The summed E-state index contributed by atoms with van der Waals surface area (Å²) in [5, 5.41) is 0. The van der Waals surface area contributed by atoms with Crippen LogP contribution in [0.15, 0.2) is 0 Å². The predicted molar refractivity (Wildman–Crippen MR) is 59.8 cm³/mol. The minimum absolute atomic E-state index is 0.758. The maximum absolute atomic E-state index is 13.0. The van der Waals surface area contributed by atoms with Gasteiger partial charge in [-0.3, -0.25) is 0 Å². The van der Waals surface area contributed by atoms with Crippen molar-refractivity contribution in [2.75, 3.05) is 0 Å². The molecule has 0 spiro atoms. The first kappa shape index (κ1) is 15.4. The molecule has 0 nitrogen and oxygen atoms in total. The molecule has 0 atom stereocenters. The second-order valence-corrected chi connectivity index (χ2v) is 3.60. The fraction of sp³-hybridized carbons (Fsp3) is 1.00. The van der Waals surface area contributed by atoms with E-state index < -0.39 is 5.67 Å². The van der Waals surface area contributed by atoms with Crippen LogP contribution < -0.4 is 0 Å². The van der Waals surface area contributed by atoms with E-state index in [0.717, 1.165) is 31.6 Å². The first-order chi connectivity index (χ1) is 6.10. The molecule has 1 heteroatoms. The molecule has 0 saturated heterocycles. The van der Waals surface area contributed by atoms with Crippen LogP contribution in [-0.2, 0) is 0 Å². The average molecular weight is 190 g/mol. The standard InChI is InChI=1S/C8H15F.2C2H6/c1-7-3-5-8(2,9)6-4-7;2*1-2/h7H,3-6H2,1-2H3;2*1-2H3. The largest absolute Gasteiger partial charge is 0.244 e. The van der Waals surface area contributed by atoms with Gasteiger partial charge in [-0.1, -0.05) is 34.6 Å². The Morgan fingerprint density at radius 3 is 1.54 bits per heavy atom. The molecule has 13 heavy (non-hydrogen) atoms. The van der Waals surface area contributed by atoms with Gasteiger partial charge in [-0.15, -0.1) is 0 Å². The molecule has 1 saturated carbocycles. The van der Waals surface area contributed by atoms with Crippen molar-refractivity contribution in [1.29, 1.82) is 0 Å². The molecule has 0 amide bonds. The lowest BCUT2D eigenvalue weighted by Gasteiger charge is -2.28. The summed E-state index contributed by atoms with van der Waals surface area (Å²) in [5.41, 5.74) is -0.841. The van der Waals surface area contributed by atoms with Crippen molar-refractivity contribution in [3.05, 3.63) is 0 Å². The third-order valence-electron chi connectivity index (χ3n) is 2.32. The van der Waals surface area contributed by atoms with Crippen molar-refractivity contribution in [2.45, 2.75) is 72.9 Å². The number of halogens is 1. The summed E-state index contributed by atoms with van der Waals surface area (Å²) in [6.45, 7) is 11.9. The summed E-state index contributed by atoms with van der Waals surface area (Å²) in [4.78, 5) is 0. The smallest absolute Gasteiger partial charge is 0.108 e. The minimum atomic E-state index is -0.841. The molecule has 0 heterocycles. The van der Waals surface area contributed by atoms with Crippen LogP contribution in [0.25, 0.3) is 0 Å². The van der Waals surface area contributed by atoms with Gasteiger partial charge in [0.1, 0.15) is 5.67 Å². The number of alkyl halides is 1. The Balaban J connectivity index is 0. The number of rotatable bonds is 0. The Kier molecular flexibility index (Phi) is 10.1. The monoisotopic (exact) mass is 190 g/mol. The zero-order valence-electron chi connectivity index (χ0n) is 10.3. The SMILES string of the molecule is CC.CC.CC1CCC(C)(F)CC1. The van der Waals surface area contributed by atoms with E-state index in [2.05, 4.69) is 6.92 Å². The van der Waals surface area contributed by atoms with Crippen molar-refractivity contribution >= 4 is 0 Å². The van der Waals surface area contributed by atoms with Gasteiger partial charge in [0.25, 0.3) is 0 Å². The van der Waals surface area contributed by atoms with Crippen LogP contribution in [0, 0.1) is 5.92 Å². The van der Waals surface area contributed by atoms with Crippen LogP contribution in [0.4, 0.5) is 4.39 Å². The molecule has 0 aromatic carbocycles. The lowest BCUT2D eigenvalue weighted by molar-refractivity contribution is 0.108. The van der Waals surface area contributed by atoms with Crippen molar-refractivity contribution < 1.29 is 4.39 Å². The summed E-state index contributed by atoms with van der Waals surface area (Å²) in [7, 11) is 0. The highest BCUT2D eigenvalue weighted by Gasteiger charge is 2.28. The Bertz CT molecular complexity index is 87.3. The van der Waals surface area contributed by atoms with Crippen LogP contribution in [0.1, 0.15) is 67.2 Å². The van der Waals surface area contributed by atoms with Crippen LogP contribution in [-0.4, -0.2) is 5.67 Å². The molecule has 1 fully saturated rings. The van der Waals surface area contributed by atoms with Gasteiger partial charge in [0.15, 0.2) is 0 Å². The van der Waals surface area contributed by atoms with E-state index in [-0.39, 0.29) is 0 Å². The molecular weight excluding hydrogens is 163 g/mol. The van der Waals surface area contributed by atoms with Crippen molar-refractivity contribution in [3.63, 3.8) is 0 Å². The van der Waals surface area contributed by atoms with Crippen LogP contribution in [0.2, 0.25) is 0 Å². The highest BCUT2D eigenvalue weighted by atomic mass is 19.1. The molecule has 0 aromatic heterocycles. The normalized spacial score (nSPS) is 32.1. The summed E-state index contributed by atoms with van der Waals surface area (Å²) in [6.07, 6.45) is 3.70. The zero-order valence-corrected chi connectivity index (χ0v) is 10.3. The lowest BCUT2D eigenvalue weighted by Crippen LogP contribution is -2.24. The van der Waals surface area contributed by atoms with E-state index in [1.807, 2.05) is 27.7 Å². The van der Waals surface area contributed by atoms with Gasteiger partial charge >= 0.3 is 0 Å². The predicted octanol–water partition coefficient (Wildman–Crippen LogP) is 4.98. The highest BCUT2D eigenvalue weighted by Crippen LogP contribution is 2.33.